The highest BCUT2D eigenvalue weighted by Crippen LogP contribution is 2.51. The second kappa shape index (κ2) is 7.24. The van der Waals surface area contributed by atoms with Crippen molar-refractivity contribution in [3.8, 4) is 0 Å². The Bertz CT molecular complexity index is 601. The van der Waals surface area contributed by atoms with E-state index < -0.39 is 29.9 Å². The van der Waals surface area contributed by atoms with Crippen molar-refractivity contribution in [2.45, 2.75) is 57.7 Å². The minimum atomic E-state index is -4.43. The lowest BCUT2D eigenvalue weighted by molar-refractivity contribution is -0.204. The molecule has 1 saturated heterocycles. The number of hydrogen-bond acceptors (Lipinski definition) is 3. The first kappa shape index (κ1) is 19.2. The van der Waals surface area contributed by atoms with Crippen LogP contribution in [0.2, 0.25) is 0 Å². The predicted octanol–water partition coefficient (Wildman–Crippen LogP) is 3.71. The summed E-state index contributed by atoms with van der Waals surface area (Å²) in [6.07, 6.45) is 0.0527. The highest BCUT2D eigenvalue weighted by molar-refractivity contribution is 5.77. The summed E-state index contributed by atoms with van der Waals surface area (Å²) < 4.78 is 45.9. The minimum Gasteiger partial charge on any atom is -0.466 e. The maximum absolute atomic E-state index is 13.6. The Kier molecular flexibility index (Phi) is 5.35. The van der Waals surface area contributed by atoms with Gasteiger partial charge in [0, 0.05) is 19.5 Å². The van der Waals surface area contributed by atoms with E-state index in [1.54, 1.807) is 24.9 Å². The molecule has 2 fully saturated rings. The van der Waals surface area contributed by atoms with E-state index in [9.17, 15) is 22.8 Å². The Morgan fingerprint density at radius 2 is 2.04 bits per heavy atom. The van der Waals surface area contributed by atoms with Gasteiger partial charge in [0.2, 0.25) is 5.91 Å². The van der Waals surface area contributed by atoms with Crippen molar-refractivity contribution in [1.82, 2.24) is 4.90 Å². The Morgan fingerprint density at radius 1 is 1.31 bits per heavy atom. The first-order valence-corrected chi connectivity index (χ1v) is 9.43. The number of carbonyl (C=O) groups is 2. The summed E-state index contributed by atoms with van der Waals surface area (Å²) in [4.78, 5) is 26.4. The summed E-state index contributed by atoms with van der Waals surface area (Å²) in [5.41, 5.74) is 0.953. The molecule has 1 amide bonds. The number of amides is 1. The van der Waals surface area contributed by atoms with Crippen LogP contribution in [-0.2, 0) is 14.3 Å². The maximum Gasteiger partial charge on any atom is 0.392 e. The summed E-state index contributed by atoms with van der Waals surface area (Å²) in [5.74, 6) is -3.85. The van der Waals surface area contributed by atoms with Gasteiger partial charge in [-0.05, 0) is 50.9 Å². The average molecular weight is 373 g/mol. The van der Waals surface area contributed by atoms with Gasteiger partial charge in [-0.25, -0.2) is 0 Å². The molecule has 0 radical (unpaired) electrons. The van der Waals surface area contributed by atoms with Crippen LogP contribution in [0.15, 0.2) is 11.6 Å². The number of halogens is 3. The molecule has 0 N–H and O–H groups in total. The summed E-state index contributed by atoms with van der Waals surface area (Å²) in [6, 6.07) is 0.0358. The van der Waals surface area contributed by atoms with E-state index in [1.807, 2.05) is 0 Å². The molecule has 2 aliphatic carbocycles. The summed E-state index contributed by atoms with van der Waals surface area (Å²) in [6.45, 7) is 1.69. The molecule has 3 rings (SSSR count). The molecular weight excluding hydrogens is 347 g/mol. The highest BCUT2D eigenvalue weighted by Gasteiger charge is 2.54. The molecule has 1 heterocycles. The zero-order valence-corrected chi connectivity index (χ0v) is 15.2. The summed E-state index contributed by atoms with van der Waals surface area (Å²) >= 11 is 0. The Labute approximate surface area is 151 Å². The molecule has 26 heavy (non-hydrogen) atoms. The second-order valence-electron chi connectivity index (χ2n) is 7.68. The lowest BCUT2D eigenvalue weighted by Gasteiger charge is -2.39. The standard InChI is InChI=1S/C19H26F3NO3/c1-3-26-18(25)17-14-6-5-12-10-11(4-9-16(24)23(12)2)13(14)7-8-15(17)19(20,21)22/h7,11-12,14-15,17H,3-6,8-10H2,1-2H3/t11-,12-,14?,15?,17-/m1/s1. The number of likely N-dealkylation sites (tertiary alicyclic amines) is 1. The number of hydrogen-bond donors (Lipinski definition) is 0. The van der Waals surface area contributed by atoms with Crippen LogP contribution < -0.4 is 0 Å². The molecule has 146 valence electrons. The molecular formula is C19H26F3NO3. The number of ether oxygens (including phenoxy) is 1. The van der Waals surface area contributed by atoms with Crippen molar-refractivity contribution in [2.24, 2.45) is 23.7 Å². The van der Waals surface area contributed by atoms with Crippen molar-refractivity contribution in [1.29, 1.82) is 0 Å². The predicted molar refractivity (Wildman–Crippen MR) is 89.0 cm³/mol. The number of carbonyl (C=O) groups excluding carboxylic acids is 2. The molecule has 7 heteroatoms. The monoisotopic (exact) mass is 373 g/mol. The fourth-order valence-electron chi connectivity index (χ4n) is 5.04. The van der Waals surface area contributed by atoms with E-state index >= 15 is 0 Å². The van der Waals surface area contributed by atoms with Crippen molar-refractivity contribution < 1.29 is 27.5 Å². The fourth-order valence-corrected chi connectivity index (χ4v) is 5.04. The molecule has 2 unspecified atom stereocenters. The van der Waals surface area contributed by atoms with Gasteiger partial charge >= 0.3 is 12.1 Å². The molecule has 3 aliphatic rings. The van der Waals surface area contributed by atoms with Crippen LogP contribution in [-0.4, -0.2) is 42.6 Å². The second-order valence-corrected chi connectivity index (χ2v) is 7.68. The fraction of sp³-hybridized carbons (Fsp3) is 0.789. The highest BCUT2D eigenvalue weighted by atomic mass is 19.4. The van der Waals surface area contributed by atoms with Crippen LogP contribution in [0.3, 0.4) is 0 Å². The van der Waals surface area contributed by atoms with E-state index in [2.05, 4.69) is 0 Å². The molecule has 4 nitrogen and oxygen atoms in total. The Hall–Kier alpha value is -1.53. The zero-order chi connectivity index (χ0) is 19.1. The van der Waals surface area contributed by atoms with Gasteiger partial charge in [-0.2, -0.15) is 13.2 Å². The number of allylic oxidation sites excluding steroid dienone is 2. The van der Waals surface area contributed by atoms with Crippen molar-refractivity contribution in [3.05, 3.63) is 11.6 Å². The number of fused-ring (bicyclic) bond motifs is 4. The Balaban J connectivity index is 1.96. The molecule has 0 aromatic heterocycles. The number of esters is 1. The number of rotatable bonds is 2. The zero-order valence-electron chi connectivity index (χ0n) is 15.2. The van der Waals surface area contributed by atoms with Crippen molar-refractivity contribution in [3.63, 3.8) is 0 Å². The van der Waals surface area contributed by atoms with Gasteiger partial charge in [0.05, 0.1) is 18.4 Å². The van der Waals surface area contributed by atoms with Crippen LogP contribution in [0.5, 0.6) is 0 Å². The normalized spacial score (nSPS) is 35.1. The van der Waals surface area contributed by atoms with E-state index in [-0.39, 0.29) is 30.9 Å². The molecule has 5 atom stereocenters. The van der Waals surface area contributed by atoms with E-state index in [1.165, 1.54) is 0 Å². The van der Waals surface area contributed by atoms with Gasteiger partial charge in [0.25, 0.3) is 0 Å². The smallest absolute Gasteiger partial charge is 0.392 e. The van der Waals surface area contributed by atoms with Gasteiger partial charge in [-0.1, -0.05) is 11.6 Å². The first-order valence-electron chi connectivity index (χ1n) is 9.43. The van der Waals surface area contributed by atoms with Crippen LogP contribution >= 0.6 is 0 Å². The van der Waals surface area contributed by atoms with Gasteiger partial charge in [-0.3, -0.25) is 9.59 Å². The van der Waals surface area contributed by atoms with Gasteiger partial charge < -0.3 is 9.64 Å². The third-order valence-corrected chi connectivity index (χ3v) is 6.37. The van der Waals surface area contributed by atoms with E-state index in [4.69, 9.17) is 4.74 Å². The molecule has 0 spiro atoms. The number of nitrogens with zero attached hydrogens (tertiary/aromatic N) is 1. The lowest BCUT2D eigenvalue weighted by atomic mass is 9.67. The minimum absolute atomic E-state index is 0.0358. The van der Waals surface area contributed by atoms with Crippen LogP contribution in [0.1, 0.15) is 45.4 Å². The average Bonchev–Trinajstić information content (AvgIpc) is 2.84. The molecule has 1 saturated carbocycles. The van der Waals surface area contributed by atoms with Crippen molar-refractivity contribution >= 4 is 11.9 Å². The molecule has 1 aliphatic heterocycles. The third-order valence-electron chi connectivity index (χ3n) is 6.37. The number of alkyl halides is 3. The maximum atomic E-state index is 13.6. The van der Waals surface area contributed by atoms with Crippen LogP contribution in [0.4, 0.5) is 13.2 Å². The Morgan fingerprint density at radius 3 is 2.69 bits per heavy atom. The summed E-state index contributed by atoms with van der Waals surface area (Å²) in [7, 11) is 1.78. The van der Waals surface area contributed by atoms with Gasteiger partial charge in [-0.15, -0.1) is 0 Å². The largest absolute Gasteiger partial charge is 0.466 e. The van der Waals surface area contributed by atoms with Crippen LogP contribution in [0, 0.1) is 23.7 Å². The molecule has 0 aromatic carbocycles. The quantitative estimate of drug-likeness (QED) is 0.548. The first-order chi connectivity index (χ1) is 12.2. The van der Waals surface area contributed by atoms with Gasteiger partial charge in [0.15, 0.2) is 0 Å². The van der Waals surface area contributed by atoms with E-state index in [0.29, 0.717) is 25.7 Å². The van der Waals surface area contributed by atoms with Crippen molar-refractivity contribution in [2.75, 3.05) is 13.7 Å². The summed E-state index contributed by atoms with van der Waals surface area (Å²) in [5, 5.41) is 0. The third kappa shape index (κ3) is 3.49. The SMILES string of the molecule is CCOC(=O)[C@@H]1C2CC[C@@H]3C[C@@H](CCC(=O)N3C)C2=CCC1C(F)(F)F. The van der Waals surface area contributed by atoms with Crippen LogP contribution in [0.25, 0.3) is 0 Å². The van der Waals surface area contributed by atoms with E-state index in [0.717, 1.165) is 12.0 Å². The molecule has 2 bridgehead atoms. The van der Waals surface area contributed by atoms with Gasteiger partial charge in [0.1, 0.15) is 0 Å². The molecule has 0 aromatic rings. The lowest BCUT2D eigenvalue weighted by Crippen LogP contribution is -2.43. The topological polar surface area (TPSA) is 46.6 Å².